The molecule has 1 aromatic heterocycles. The molecule has 0 aliphatic carbocycles. The maximum Gasteiger partial charge on any atom is 0.346 e. The first-order chi connectivity index (χ1) is 8.10. The fraction of sp³-hybridized carbons (Fsp3) is 0.300. The number of hydrogen-bond donors (Lipinski definition) is 1. The zero-order valence-corrected chi connectivity index (χ0v) is 10.9. The van der Waals surface area contributed by atoms with Gasteiger partial charge in [0.15, 0.2) is 0 Å². The number of aromatic amines is 1. The number of carbonyl (C=O) groups excluding carboxylic acids is 1. The molecule has 1 N–H and O–H groups in total. The quantitative estimate of drug-likeness (QED) is 0.514. The fourth-order valence-electron chi connectivity index (χ4n) is 1.17. The smallest absolute Gasteiger partial charge is 0.346 e. The number of esters is 1. The molecule has 0 bridgehead atoms. The second kappa shape index (κ2) is 6.46. The predicted octanol–water partition coefficient (Wildman–Crippen LogP) is 1.71. The molecule has 0 aliphatic rings. The van der Waals surface area contributed by atoms with E-state index in [-0.39, 0.29) is 5.56 Å². The summed E-state index contributed by atoms with van der Waals surface area (Å²) in [5, 5.41) is 0.341. The van der Waals surface area contributed by atoms with E-state index in [0.717, 1.165) is 0 Å². The molecule has 7 heteroatoms. The molecule has 0 saturated carbocycles. The highest BCUT2D eigenvalue weighted by molar-refractivity contribution is 7.99. The summed E-state index contributed by atoms with van der Waals surface area (Å²) >= 11 is 6.63. The van der Waals surface area contributed by atoms with E-state index in [4.69, 9.17) is 11.6 Å². The molecule has 0 radical (unpaired) electrons. The highest BCUT2D eigenvalue weighted by atomic mass is 35.5. The number of halogens is 1. The van der Waals surface area contributed by atoms with Crippen LogP contribution in [0.3, 0.4) is 0 Å². The highest BCUT2D eigenvalue weighted by Crippen LogP contribution is 2.21. The third-order valence-electron chi connectivity index (χ3n) is 1.88. The summed E-state index contributed by atoms with van der Waals surface area (Å²) in [6.45, 7) is 1.62. The first kappa shape index (κ1) is 13.8. The topological polar surface area (TPSA) is 72.0 Å². The number of ether oxygens (including phenoxy) is 1. The largest absolute Gasteiger partial charge is 0.465 e. The van der Waals surface area contributed by atoms with Gasteiger partial charge in [-0.2, -0.15) is 4.98 Å². The summed E-state index contributed by atoms with van der Waals surface area (Å²) in [4.78, 5) is 29.0. The van der Waals surface area contributed by atoms with Crippen molar-refractivity contribution in [3.05, 3.63) is 33.4 Å². The molecule has 17 heavy (non-hydrogen) atoms. The Morgan fingerprint density at radius 3 is 2.94 bits per heavy atom. The van der Waals surface area contributed by atoms with Gasteiger partial charge in [0, 0.05) is 17.0 Å². The molecule has 0 amide bonds. The average Bonchev–Trinajstić information content (AvgIpc) is 2.28. The van der Waals surface area contributed by atoms with Crippen LogP contribution in [0.15, 0.2) is 21.4 Å². The van der Waals surface area contributed by atoms with Crippen LogP contribution in [-0.2, 0) is 4.74 Å². The van der Waals surface area contributed by atoms with Gasteiger partial charge >= 0.3 is 11.7 Å². The van der Waals surface area contributed by atoms with Gasteiger partial charge in [-0.1, -0.05) is 17.7 Å². The van der Waals surface area contributed by atoms with E-state index < -0.39 is 11.7 Å². The number of H-pyrrole nitrogens is 1. The number of rotatable bonds is 4. The highest BCUT2D eigenvalue weighted by Gasteiger charge is 2.17. The summed E-state index contributed by atoms with van der Waals surface area (Å²) < 4.78 is 4.65. The van der Waals surface area contributed by atoms with Crippen LogP contribution in [0.2, 0.25) is 0 Å². The molecule has 0 fully saturated rings. The molecule has 0 spiro atoms. The molecule has 0 atom stereocenters. The first-order valence-electron chi connectivity index (χ1n) is 4.67. The Labute approximate surface area is 107 Å². The van der Waals surface area contributed by atoms with Crippen LogP contribution in [0.25, 0.3) is 0 Å². The third-order valence-corrected chi connectivity index (χ3v) is 2.99. The van der Waals surface area contributed by atoms with Gasteiger partial charge in [0.05, 0.1) is 7.11 Å². The van der Waals surface area contributed by atoms with Gasteiger partial charge in [-0.15, -0.1) is 11.8 Å². The van der Waals surface area contributed by atoms with Crippen molar-refractivity contribution < 1.29 is 9.53 Å². The van der Waals surface area contributed by atoms with Crippen molar-refractivity contribution in [2.24, 2.45) is 0 Å². The zero-order chi connectivity index (χ0) is 12.8. The predicted molar refractivity (Wildman–Crippen MR) is 66.7 cm³/mol. The Kier molecular flexibility index (Phi) is 5.24. The van der Waals surface area contributed by atoms with Crippen molar-refractivity contribution in [2.75, 3.05) is 12.9 Å². The SMILES string of the molecule is COC(=O)c1c(SC/C=C/Cl)nc(=O)[nH]c1C. The molecular formula is C10H11ClN2O3S. The van der Waals surface area contributed by atoms with E-state index in [1.807, 2.05) is 0 Å². The minimum Gasteiger partial charge on any atom is -0.465 e. The standard InChI is InChI=1S/C10H11ClN2O3S/c1-6-7(9(14)16-2)8(13-10(15)12-6)17-5-3-4-11/h3-4H,5H2,1-2H3,(H,12,13,15)/b4-3+. The molecule has 0 saturated heterocycles. The molecule has 5 nitrogen and oxygen atoms in total. The Morgan fingerprint density at radius 1 is 1.65 bits per heavy atom. The van der Waals surface area contributed by atoms with Crippen LogP contribution in [-0.4, -0.2) is 28.8 Å². The number of methoxy groups -OCH3 is 1. The number of aryl methyl sites for hydroxylation is 1. The third kappa shape index (κ3) is 3.61. The maximum absolute atomic E-state index is 11.6. The zero-order valence-electron chi connectivity index (χ0n) is 9.32. The molecule has 92 valence electrons. The number of carbonyl (C=O) groups is 1. The lowest BCUT2D eigenvalue weighted by molar-refractivity contribution is 0.0594. The van der Waals surface area contributed by atoms with Crippen LogP contribution in [0.5, 0.6) is 0 Å². The van der Waals surface area contributed by atoms with Crippen molar-refractivity contribution in [1.82, 2.24) is 9.97 Å². The van der Waals surface area contributed by atoms with Gasteiger partial charge < -0.3 is 9.72 Å². The van der Waals surface area contributed by atoms with Crippen LogP contribution < -0.4 is 5.69 Å². The first-order valence-corrected chi connectivity index (χ1v) is 6.09. The van der Waals surface area contributed by atoms with Gasteiger partial charge in [-0.05, 0) is 6.92 Å². The second-order valence-electron chi connectivity index (χ2n) is 3.01. The Bertz CT molecular complexity index is 499. The normalized spacial score (nSPS) is 10.8. The lowest BCUT2D eigenvalue weighted by atomic mass is 10.2. The minimum atomic E-state index is -0.524. The Hall–Kier alpha value is -1.27. The van der Waals surface area contributed by atoms with Crippen LogP contribution in [0.1, 0.15) is 16.1 Å². The van der Waals surface area contributed by atoms with Crippen molar-refractivity contribution in [3.8, 4) is 0 Å². The van der Waals surface area contributed by atoms with Crippen molar-refractivity contribution in [2.45, 2.75) is 11.9 Å². The number of aromatic nitrogens is 2. The molecule has 1 aromatic rings. The van der Waals surface area contributed by atoms with Crippen LogP contribution in [0.4, 0.5) is 0 Å². The van der Waals surface area contributed by atoms with Crippen molar-refractivity contribution >= 4 is 29.3 Å². The summed E-state index contributed by atoms with van der Waals surface area (Å²) in [5.41, 5.74) is 1.59. The number of hydrogen-bond acceptors (Lipinski definition) is 5. The number of thioether (sulfide) groups is 1. The molecule has 0 unspecified atom stereocenters. The molecular weight excluding hydrogens is 264 g/mol. The lowest BCUT2D eigenvalue weighted by Crippen LogP contribution is -2.19. The molecule has 1 rings (SSSR count). The Balaban J connectivity index is 3.15. The molecule has 0 aliphatic heterocycles. The van der Waals surface area contributed by atoms with Crippen molar-refractivity contribution in [1.29, 1.82) is 0 Å². The van der Waals surface area contributed by atoms with E-state index in [2.05, 4.69) is 14.7 Å². The van der Waals surface area contributed by atoms with E-state index in [9.17, 15) is 9.59 Å². The summed E-state index contributed by atoms with van der Waals surface area (Å²) in [7, 11) is 1.28. The summed E-state index contributed by atoms with van der Waals surface area (Å²) in [6, 6.07) is 0. The van der Waals surface area contributed by atoms with Gasteiger partial charge in [-0.3, -0.25) is 0 Å². The summed E-state index contributed by atoms with van der Waals surface area (Å²) in [5.74, 6) is -0.00719. The summed E-state index contributed by atoms with van der Waals surface area (Å²) in [6.07, 6.45) is 1.69. The number of nitrogens with one attached hydrogen (secondary N) is 1. The van der Waals surface area contributed by atoms with Gasteiger partial charge in [0.2, 0.25) is 0 Å². The minimum absolute atomic E-state index is 0.278. The average molecular weight is 275 g/mol. The lowest BCUT2D eigenvalue weighted by Gasteiger charge is -2.07. The van der Waals surface area contributed by atoms with E-state index in [0.29, 0.717) is 16.5 Å². The van der Waals surface area contributed by atoms with Crippen LogP contribution >= 0.6 is 23.4 Å². The van der Waals surface area contributed by atoms with Gasteiger partial charge in [0.1, 0.15) is 10.6 Å². The second-order valence-corrected chi connectivity index (χ2v) is 4.27. The van der Waals surface area contributed by atoms with E-state index in [1.54, 1.807) is 13.0 Å². The molecule has 0 aromatic carbocycles. The van der Waals surface area contributed by atoms with Gasteiger partial charge in [0.25, 0.3) is 0 Å². The monoisotopic (exact) mass is 274 g/mol. The molecule has 1 heterocycles. The van der Waals surface area contributed by atoms with Crippen LogP contribution in [0, 0.1) is 6.92 Å². The van der Waals surface area contributed by atoms with E-state index >= 15 is 0 Å². The van der Waals surface area contributed by atoms with Crippen molar-refractivity contribution in [3.63, 3.8) is 0 Å². The van der Waals surface area contributed by atoms with E-state index in [1.165, 1.54) is 24.4 Å². The fourth-order valence-corrected chi connectivity index (χ4v) is 2.24. The number of nitrogens with zero attached hydrogens (tertiary/aromatic N) is 1. The maximum atomic E-state index is 11.6. The Morgan fingerprint density at radius 2 is 2.35 bits per heavy atom. The van der Waals surface area contributed by atoms with Gasteiger partial charge in [-0.25, -0.2) is 9.59 Å².